The molecular weight excluding hydrogens is 256 g/mol. The molecule has 0 aliphatic carbocycles. The fraction of sp³-hybridized carbons (Fsp3) is 0.533. The van der Waals surface area contributed by atoms with E-state index in [2.05, 4.69) is 0 Å². The van der Waals surface area contributed by atoms with Crippen LogP contribution in [-0.4, -0.2) is 51.3 Å². The number of methoxy groups -OCH3 is 2. The number of hydrogen-bond acceptors (Lipinski definition) is 4. The third kappa shape index (κ3) is 4.51. The predicted octanol–water partition coefficient (Wildman–Crippen LogP) is 1.44. The van der Waals surface area contributed by atoms with E-state index in [1.165, 1.54) is 0 Å². The van der Waals surface area contributed by atoms with Crippen molar-refractivity contribution < 1.29 is 14.3 Å². The van der Waals surface area contributed by atoms with E-state index in [1.807, 2.05) is 19.1 Å². The Kier molecular flexibility index (Phi) is 7.04. The predicted molar refractivity (Wildman–Crippen MR) is 79.2 cm³/mol. The van der Waals surface area contributed by atoms with E-state index in [1.54, 1.807) is 25.2 Å². The van der Waals surface area contributed by atoms with E-state index < -0.39 is 0 Å². The summed E-state index contributed by atoms with van der Waals surface area (Å²) in [5.74, 6) is 0.704. The lowest BCUT2D eigenvalue weighted by Gasteiger charge is -2.22. The Morgan fingerprint density at radius 1 is 1.30 bits per heavy atom. The number of hydrogen-bond donors (Lipinski definition) is 1. The van der Waals surface area contributed by atoms with Crippen LogP contribution in [0.4, 0.5) is 0 Å². The quantitative estimate of drug-likeness (QED) is 0.782. The normalized spacial score (nSPS) is 10.4. The van der Waals surface area contributed by atoms with Gasteiger partial charge in [-0.15, -0.1) is 0 Å². The SMILES string of the molecule is COCCN(CCCN)C(=O)c1ccc(C)c(OC)c1. The van der Waals surface area contributed by atoms with Gasteiger partial charge in [-0.2, -0.15) is 0 Å². The van der Waals surface area contributed by atoms with E-state index in [0.717, 1.165) is 17.7 Å². The van der Waals surface area contributed by atoms with E-state index in [0.29, 0.717) is 31.8 Å². The van der Waals surface area contributed by atoms with Crippen LogP contribution in [0.2, 0.25) is 0 Å². The van der Waals surface area contributed by atoms with Crippen molar-refractivity contribution in [2.24, 2.45) is 5.73 Å². The van der Waals surface area contributed by atoms with E-state index >= 15 is 0 Å². The molecular formula is C15H24N2O3. The number of carbonyl (C=O) groups excluding carboxylic acids is 1. The molecule has 0 unspecified atom stereocenters. The summed E-state index contributed by atoms with van der Waals surface area (Å²) in [4.78, 5) is 14.3. The number of nitrogens with two attached hydrogens (primary N) is 1. The summed E-state index contributed by atoms with van der Waals surface area (Å²) in [7, 11) is 3.23. The molecule has 1 rings (SSSR count). The maximum Gasteiger partial charge on any atom is 0.254 e. The van der Waals surface area contributed by atoms with Crippen molar-refractivity contribution in [1.82, 2.24) is 4.90 Å². The van der Waals surface area contributed by atoms with Gasteiger partial charge in [0.2, 0.25) is 0 Å². The molecule has 1 amide bonds. The second kappa shape index (κ2) is 8.55. The number of rotatable bonds is 8. The lowest BCUT2D eigenvalue weighted by atomic mass is 10.1. The molecule has 1 aromatic carbocycles. The molecule has 0 heterocycles. The van der Waals surface area contributed by atoms with Crippen LogP contribution in [-0.2, 0) is 4.74 Å². The van der Waals surface area contributed by atoms with Crippen molar-refractivity contribution in [2.75, 3.05) is 40.5 Å². The molecule has 0 fully saturated rings. The lowest BCUT2D eigenvalue weighted by Crippen LogP contribution is -2.35. The van der Waals surface area contributed by atoms with Crippen LogP contribution in [0.5, 0.6) is 5.75 Å². The highest BCUT2D eigenvalue weighted by atomic mass is 16.5. The molecule has 20 heavy (non-hydrogen) atoms. The van der Waals surface area contributed by atoms with Gasteiger partial charge in [-0.25, -0.2) is 0 Å². The zero-order valence-electron chi connectivity index (χ0n) is 12.5. The number of nitrogens with zero attached hydrogens (tertiary/aromatic N) is 1. The number of amides is 1. The van der Waals surface area contributed by atoms with Gasteiger partial charge in [-0.3, -0.25) is 4.79 Å². The first-order valence-electron chi connectivity index (χ1n) is 6.77. The van der Waals surface area contributed by atoms with Crippen molar-refractivity contribution in [1.29, 1.82) is 0 Å². The molecule has 0 aliphatic rings. The molecule has 0 aliphatic heterocycles. The fourth-order valence-corrected chi connectivity index (χ4v) is 1.93. The molecule has 0 aromatic heterocycles. The Morgan fingerprint density at radius 3 is 2.65 bits per heavy atom. The van der Waals surface area contributed by atoms with Crippen LogP contribution in [0.25, 0.3) is 0 Å². The number of carbonyl (C=O) groups is 1. The molecule has 0 saturated heterocycles. The molecule has 0 bridgehead atoms. The first kappa shape index (κ1) is 16.5. The van der Waals surface area contributed by atoms with Gasteiger partial charge in [-0.05, 0) is 37.6 Å². The molecule has 112 valence electrons. The number of benzene rings is 1. The minimum Gasteiger partial charge on any atom is -0.496 e. The molecule has 0 saturated carbocycles. The van der Waals surface area contributed by atoms with Gasteiger partial charge in [0.15, 0.2) is 0 Å². The van der Waals surface area contributed by atoms with E-state index in [4.69, 9.17) is 15.2 Å². The maximum absolute atomic E-state index is 12.5. The lowest BCUT2D eigenvalue weighted by molar-refractivity contribution is 0.0694. The number of ether oxygens (including phenoxy) is 2. The molecule has 1 aromatic rings. The first-order chi connectivity index (χ1) is 9.63. The summed E-state index contributed by atoms with van der Waals surface area (Å²) in [5, 5.41) is 0. The van der Waals surface area contributed by atoms with E-state index in [9.17, 15) is 4.79 Å². The Labute approximate surface area is 120 Å². The van der Waals surface area contributed by atoms with Crippen LogP contribution in [0.3, 0.4) is 0 Å². The largest absolute Gasteiger partial charge is 0.496 e. The van der Waals surface area contributed by atoms with Gasteiger partial charge in [0.05, 0.1) is 13.7 Å². The van der Waals surface area contributed by atoms with Crippen molar-refractivity contribution in [3.63, 3.8) is 0 Å². The Bertz CT molecular complexity index is 427. The van der Waals surface area contributed by atoms with Crippen molar-refractivity contribution in [2.45, 2.75) is 13.3 Å². The molecule has 5 heteroatoms. The van der Waals surface area contributed by atoms with Gasteiger partial charge in [0, 0.05) is 25.8 Å². The smallest absolute Gasteiger partial charge is 0.254 e. The Morgan fingerprint density at radius 2 is 2.05 bits per heavy atom. The second-order valence-electron chi connectivity index (χ2n) is 4.61. The zero-order valence-corrected chi connectivity index (χ0v) is 12.5. The Balaban J connectivity index is 2.86. The Hall–Kier alpha value is -1.59. The van der Waals surface area contributed by atoms with Crippen molar-refractivity contribution in [3.8, 4) is 5.75 Å². The molecule has 5 nitrogen and oxygen atoms in total. The van der Waals surface area contributed by atoms with Crippen LogP contribution < -0.4 is 10.5 Å². The van der Waals surface area contributed by atoms with Gasteiger partial charge in [0.1, 0.15) is 5.75 Å². The molecule has 0 spiro atoms. The van der Waals surface area contributed by atoms with Crippen LogP contribution in [0.1, 0.15) is 22.3 Å². The van der Waals surface area contributed by atoms with E-state index in [-0.39, 0.29) is 5.91 Å². The van der Waals surface area contributed by atoms with Gasteiger partial charge < -0.3 is 20.1 Å². The summed E-state index contributed by atoms with van der Waals surface area (Å²) in [6.45, 7) is 4.22. The van der Waals surface area contributed by atoms with Crippen LogP contribution in [0, 0.1) is 6.92 Å². The summed E-state index contributed by atoms with van der Waals surface area (Å²) < 4.78 is 10.3. The van der Waals surface area contributed by atoms with Gasteiger partial charge >= 0.3 is 0 Å². The highest BCUT2D eigenvalue weighted by Crippen LogP contribution is 2.20. The second-order valence-corrected chi connectivity index (χ2v) is 4.61. The number of aryl methyl sites for hydroxylation is 1. The maximum atomic E-state index is 12.5. The standard InChI is InChI=1S/C15H24N2O3/c1-12-5-6-13(11-14(12)20-3)15(18)17(8-4-7-16)9-10-19-2/h5-6,11H,4,7-10,16H2,1-3H3. The summed E-state index contributed by atoms with van der Waals surface area (Å²) >= 11 is 0. The molecule has 0 radical (unpaired) electrons. The zero-order chi connectivity index (χ0) is 15.0. The van der Waals surface area contributed by atoms with Crippen LogP contribution in [0.15, 0.2) is 18.2 Å². The van der Waals surface area contributed by atoms with Crippen molar-refractivity contribution in [3.05, 3.63) is 29.3 Å². The summed E-state index contributed by atoms with van der Waals surface area (Å²) in [6, 6.07) is 5.49. The highest BCUT2D eigenvalue weighted by Gasteiger charge is 2.16. The van der Waals surface area contributed by atoms with Gasteiger partial charge in [0.25, 0.3) is 5.91 Å². The van der Waals surface area contributed by atoms with Crippen LogP contribution >= 0.6 is 0 Å². The molecule has 0 atom stereocenters. The third-order valence-corrected chi connectivity index (χ3v) is 3.14. The fourth-order valence-electron chi connectivity index (χ4n) is 1.93. The average molecular weight is 280 g/mol. The molecule has 2 N–H and O–H groups in total. The summed E-state index contributed by atoms with van der Waals surface area (Å²) in [6.07, 6.45) is 0.776. The summed E-state index contributed by atoms with van der Waals surface area (Å²) in [5.41, 5.74) is 7.15. The minimum absolute atomic E-state index is 0.0196. The highest BCUT2D eigenvalue weighted by molar-refractivity contribution is 5.94. The first-order valence-corrected chi connectivity index (χ1v) is 6.77. The average Bonchev–Trinajstić information content (AvgIpc) is 2.47. The van der Waals surface area contributed by atoms with Crippen molar-refractivity contribution >= 4 is 5.91 Å². The third-order valence-electron chi connectivity index (χ3n) is 3.14. The topological polar surface area (TPSA) is 64.8 Å². The monoisotopic (exact) mass is 280 g/mol. The minimum atomic E-state index is -0.0196. The van der Waals surface area contributed by atoms with Gasteiger partial charge in [-0.1, -0.05) is 6.07 Å².